The molecule has 2 rings (SSSR count). The molecule has 0 spiro atoms. The van der Waals surface area contributed by atoms with Crippen molar-refractivity contribution in [1.29, 1.82) is 0 Å². The van der Waals surface area contributed by atoms with Gasteiger partial charge in [0.25, 0.3) is 5.91 Å². The van der Waals surface area contributed by atoms with Crippen molar-refractivity contribution in [2.24, 2.45) is 18.5 Å². The summed E-state index contributed by atoms with van der Waals surface area (Å²) in [4.78, 5) is 13.6. The average molecular weight is 237 g/mol. The summed E-state index contributed by atoms with van der Waals surface area (Å²) < 4.78 is 1.73. The number of aryl methyl sites for hydroxylation is 2. The van der Waals surface area contributed by atoms with Crippen LogP contribution in [0.15, 0.2) is 0 Å². The number of piperidine rings is 1. The average Bonchev–Trinajstić information content (AvgIpc) is 2.55. The van der Waals surface area contributed by atoms with Crippen LogP contribution in [-0.4, -0.2) is 34.8 Å². The Morgan fingerprint density at radius 3 is 2.53 bits per heavy atom. The lowest BCUT2D eigenvalue weighted by Crippen LogP contribution is -2.41. The zero-order chi connectivity index (χ0) is 12.6. The molecule has 0 radical (unpaired) electrons. The van der Waals surface area contributed by atoms with Crippen molar-refractivity contribution in [1.82, 2.24) is 9.78 Å². The molecule has 94 valence electrons. The highest BCUT2D eigenvalue weighted by atomic mass is 16.1. The van der Waals surface area contributed by atoms with E-state index in [1.807, 2.05) is 7.05 Å². The van der Waals surface area contributed by atoms with E-state index in [1.165, 1.54) is 0 Å². The zero-order valence-electron chi connectivity index (χ0n) is 10.3. The summed E-state index contributed by atoms with van der Waals surface area (Å²) in [7, 11) is 1.84. The molecule has 6 nitrogen and oxygen atoms in total. The van der Waals surface area contributed by atoms with Gasteiger partial charge in [-0.3, -0.25) is 9.48 Å². The maximum Gasteiger partial charge on any atom is 0.254 e. The number of nitrogens with two attached hydrogens (primary N) is 2. The van der Waals surface area contributed by atoms with E-state index in [9.17, 15) is 4.79 Å². The van der Waals surface area contributed by atoms with Crippen molar-refractivity contribution in [3.63, 3.8) is 0 Å². The number of amides is 1. The van der Waals surface area contributed by atoms with Crippen LogP contribution in [0.5, 0.6) is 0 Å². The van der Waals surface area contributed by atoms with E-state index in [2.05, 4.69) is 10.00 Å². The van der Waals surface area contributed by atoms with Crippen LogP contribution in [0.25, 0.3) is 0 Å². The molecule has 4 N–H and O–H groups in total. The number of anilines is 1. The Morgan fingerprint density at radius 1 is 1.41 bits per heavy atom. The van der Waals surface area contributed by atoms with Crippen molar-refractivity contribution < 1.29 is 4.79 Å². The third-order valence-corrected chi connectivity index (χ3v) is 3.28. The number of aromatic nitrogens is 2. The maximum absolute atomic E-state index is 11.5. The second-order valence-corrected chi connectivity index (χ2v) is 4.60. The Morgan fingerprint density at radius 2 is 2.00 bits per heavy atom. The molecule has 0 saturated carbocycles. The smallest absolute Gasteiger partial charge is 0.254 e. The first-order chi connectivity index (χ1) is 8.00. The number of carbonyl (C=O) groups is 1. The van der Waals surface area contributed by atoms with Gasteiger partial charge in [0.2, 0.25) is 0 Å². The molecular formula is C11H19N5O. The molecular weight excluding hydrogens is 218 g/mol. The molecule has 0 aromatic carbocycles. The number of primary amides is 1. The van der Waals surface area contributed by atoms with Crippen LogP contribution < -0.4 is 16.4 Å². The molecule has 0 unspecified atom stereocenters. The van der Waals surface area contributed by atoms with E-state index in [-0.39, 0.29) is 6.04 Å². The lowest BCUT2D eigenvalue weighted by molar-refractivity contribution is 0.1000. The predicted octanol–water partition coefficient (Wildman–Crippen LogP) is -0.245. The van der Waals surface area contributed by atoms with Gasteiger partial charge in [0.1, 0.15) is 11.4 Å². The molecule has 17 heavy (non-hydrogen) atoms. The molecule has 1 fully saturated rings. The van der Waals surface area contributed by atoms with Gasteiger partial charge in [0, 0.05) is 26.2 Å². The summed E-state index contributed by atoms with van der Waals surface area (Å²) in [6.45, 7) is 3.50. The van der Waals surface area contributed by atoms with Gasteiger partial charge in [0.05, 0.1) is 5.69 Å². The standard InChI is InChI=1S/C11H19N5O/c1-7-9(10(13)17)11(15(2)14-7)16-5-3-8(12)4-6-16/h8H,3-6,12H2,1-2H3,(H2,13,17). The highest BCUT2D eigenvalue weighted by molar-refractivity contribution is 5.99. The molecule has 6 heteroatoms. The normalized spacial score (nSPS) is 17.5. The van der Waals surface area contributed by atoms with Crippen LogP contribution in [0.2, 0.25) is 0 Å². The fourth-order valence-electron chi connectivity index (χ4n) is 2.41. The second-order valence-electron chi connectivity index (χ2n) is 4.60. The Labute approximate surface area is 101 Å². The topological polar surface area (TPSA) is 90.2 Å². The number of hydrogen-bond acceptors (Lipinski definition) is 4. The third-order valence-electron chi connectivity index (χ3n) is 3.28. The summed E-state index contributed by atoms with van der Waals surface area (Å²) in [6, 6.07) is 0.262. The molecule has 1 amide bonds. The van der Waals surface area contributed by atoms with Gasteiger partial charge in [0.15, 0.2) is 0 Å². The Balaban J connectivity index is 2.34. The minimum Gasteiger partial charge on any atom is -0.365 e. The van der Waals surface area contributed by atoms with Gasteiger partial charge in [-0.25, -0.2) is 0 Å². The van der Waals surface area contributed by atoms with Crippen molar-refractivity contribution in [3.8, 4) is 0 Å². The van der Waals surface area contributed by atoms with E-state index in [1.54, 1.807) is 11.6 Å². The summed E-state index contributed by atoms with van der Waals surface area (Å²) in [5.74, 6) is 0.405. The lowest BCUT2D eigenvalue weighted by atomic mass is 10.1. The fourth-order valence-corrected chi connectivity index (χ4v) is 2.41. The second kappa shape index (κ2) is 4.37. The van der Waals surface area contributed by atoms with E-state index < -0.39 is 5.91 Å². The Hall–Kier alpha value is -1.56. The van der Waals surface area contributed by atoms with E-state index in [4.69, 9.17) is 11.5 Å². The highest BCUT2D eigenvalue weighted by Crippen LogP contribution is 2.25. The molecule has 1 aromatic heterocycles. The van der Waals surface area contributed by atoms with E-state index in [0.29, 0.717) is 11.3 Å². The molecule has 0 aliphatic carbocycles. The molecule has 1 aliphatic heterocycles. The van der Waals surface area contributed by atoms with Gasteiger partial charge in [-0.05, 0) is 19.8 Å². The van der Waals surface area contributed by atoms with Crippen LogP contribution in [0.1, 0.15) is 28.9 Å². The Kier molecular flexibility index (Phi) is 3.06. The number of rotatable bonds is 2. The predicted molar refractivity (Wildman–Crippen MR) is 65.9 cm³/mol. The lowest BCUT2D eigenvalue weighted by Gasteiger charge is -2.32. The van der Waals surface area contributed by atoms with Gasteiger partial charge >= 0.3 is 0 Å². The minimum absolute atomic E-state index is 0.262. The van der Waals surface area contributed by atoms with Crippen LogP contribution in [0, 0.1) is 6.92 Å². The molecule has 0 atom stereocenters. The van der Waals surface area contributed by atoms with Crippen LogP contribution in [0.4, 0.5) is 5.82 Å². The van der Waals surface area contributed by atoms with Crippen molar-refractivity contribution in [2.75, 3.05) is 18.0 Å². The first kappa shape index (κ1) is 11.9. The molecule has 1 saturated heterocycles. The molecule has 1 aliphatic rings. The van der Waals surface area contributed by atoms with Gasteiger partial charge < -0.3 is 16.4 Å². The first-order valence-corrected chi connectivity index (χ1v) is 5.84. The quantitative estimate of drug-likeness (QED) is 0.742. The van der Waals surface area contributed by atoms with Crippen LogP contribution in [-0.2, 0) is 7.05 Å². The summed E-state index contributed by atoms with van der Waals surface area (Å²) in [6.07, 6.45) is 1.87. The van der Waals surface area contributed by atoms with Gasteiger partial charge in [-0.2, -0.15) is 5.10 Å². The van der Waals surface area contributed by atoms with Gasteiger partial charge in [-0.1, -0.05) is 0 Å². The maximum atomic E-state index is 11.5. The van der Waals surface area contributed by atoms with Crippen molar-refractivity contribution >= 4 is 11.7 Å². The molecule has 1 aromatic rings. The summed E-state index contributed by atoms with van der Waals surface area (Å²) >= 11 is 0. The van der Waals surface area contributed by atoms with Crippen molar-refractivity contribution in [2.45, 2.75) is 25.8 Å². The summed E-state index contributed by atoms with van der Waals surface area (Å²) in [5.41, 5.74) is 12.5. The molecule has 0 bridgehead atoms. The SMILES string of the molecule is Cc1nn(C)c(N2CCC(N)CC2)c1C(N)=O. The fraction of sp³-hybridized carbons (Fsp3) is 0.636. The van der Waals surface area contributed by atoms with E-state index >= 15 is 0 Å². The third kappa shape index (κ3) is 2.12. The summed E-state index contributed by atoms with van der Waals surface area (Å²) in [5, 5.41) is 4.27. The number of hydrogen-bond donors (Lipinski definition) is 2. The van der Waals surface area contributed by atoms with Gasteiger partial charge in [-0.15, -0.1) is 0 Å². The Bertz CT molecular complexity index is 431. The highest BCUT2D eigenvalue weighted by Gasteiger charge is 2.25. The molecule has 2 heterocycles. The monoisotopic (exact) mass is 237 g/mol. The van der Waals surface area contributed by atoms with Crippen LogP contribution >= 0.6 is 0 Å². The van der Waals surface area contributed by atoms with Crippen LogP contribution in [0.3, 0.4) is 0 Å². The largest absolute Gasteiger partial charge is 0.365 e. The van der Waals surface area contributed by atoms with E-state index in [0.717, 1.165) is 31.7 Å². The number of carbonyl (C=O) groups excluding carboxylic acids is 1. The first-order valence-electron chi connectivity index (χ1n) is 5.84. The number of nitrogens with zero attached hydrogens (tertiary/aromatic N) is 3. The zero-order valence-corrected chi connectivity index (χ0v) is 10.3. The van der Waals surface area contributed by atoms with Crippen molar-refractivity contribution in [3.05, 3.63) is 11.3 Å². The minimum atomic E-state index is -0.416.